The van der Waals surface area contributed by atoms with Gasteiger partial charge < -0.3 is 15.5 Å². The van der Waals surface area contributed by atoms with Crippen LogP contribution in [0.25, 0.3) is 0 Å². The molecule has 0 aromatic rings. The summed E-state index contributed by atoms with van der Waals surface area (Å²) >= 11 is 0. The summed E-state index contributed by atoms with van der Waals surface area (Å²) in [5.74, 6) is 0.921. The van der Waals surface area contributed by atoms with Crippen LogP contribution in [0.3, 0.4) is 0 Å². The van der Waals surface area contributed by atoms with E-state index in [2.05, 4.69) is 23.9 Å². The molecule has 2 rings (SSSR count). The molecular formula is C12H25N3. The van der Waals surface area contributed by atoms with Crippen molar-refractivity contribution in [3.63, 3.8) is 0 Å². The highest BCUT2D eigenvalue weighted by molar-refractivity contribution is 4.91. The van der Waals surface area contributed by atoms with Gasteiger partial charge in [-0.15, -0.1) is 0 Å². The van der Waals surface area contributed by atoms with E-state index in [0.29, 0.717) is 6.04 Å². The second-order valence-electron chi connectivity index (χ2n) is 5.63. The summed E-state index contributed by atoms with van der Waals surface area (Å²) in [5, 5.41) is 0. The van der Waals surface area contributed by atoms with Crippen LogP contribution in [0, 0.1) is 5.92 Å². The third-order valence-electron chi connectivity index (χ3n) is 3.94. The number of hydrogen-bond donors (Lipinski definition) is 1. The highest BCUT2D eigenvalue weighted by Gasteiger charge is 2.33. The maximum Gasteiger partial charge on any atom is 0.0125 e. The second-order valence-corrected chi connectivity index (χ2v) is 5.63. The summed E-state index contributed by atoms with van der Waals surface area (Å²) in [5.41, 5.74) is 5.84. The number of piperidine rings is 1. The first-order valence-electron chi connectivity index (χ1n) is 6.29. The summed E-state index contributed by atoms with van der Waals surface area (Å²) in [6.45, 7) is 3.86. The molecule has 1 saturated carbocycles. The van der Waals surface area contributed by atoms with Crippen molar-refractivity contribution < 1.29 is 0 Å². The van der Waals surface area contributed by atoms with Crippen molar-refractivity contribution in [2.45, 2.75) is 37.8 Å². The molecule has 0 aromatic heterocycles. The van der Waals surface area contributed by atoms with E-state index >= 15 is 0 Å². The zero-order valence-electron chi connectivity index (χ0n) is 10.2. The average Bonchev–Trinajstić information content (AvgIpc) is 2.14. The lowest BCUT2D eigenvalue weighted by Crippen LogP contribution is -2.53. The molecule has 0 aromatic carbocycles. The Balaban J connectivity index is 1.68. The predicted octanol–water partition coefficient (Wildman–Crippen LogP) is 0.750. The lowest BCUT2D eigenvalue weighted by Gasteiger charge is -2.44. The second kappa shape index (κ2) is 4.81. The Kier molecular flexibility index (Phi) is 3.65. The number of nitrogens with zero attached hydrogens (tertiary/aromatic N) is 2. The Hall–Kier alpha value is -0.120. The SMILES string of the molecule is CN(C)CC1CCN(C2CC(N)C2)CC1. The summed E-state index contributed by atoms with van der Waals surface area (Å²) < 4.78 is 0. The van der Waals surface area contributed by atoms with Crippen LogP contribution >= 0.6 is 0 Å². The van der Waals surface area contributed by atoms with E-state index in [-0.39, 0.29) is 0 Å². The van der Waals surface area contributed by atoms with E-state index in [9.17, 15) is 0 Å². The molecule has 0 radical (unpaired) electrons. The van der Waals surface area contributed by atoms with Crippen LogP contribution in [-0.2, 0) is 0 Å². The molecule has 0 unspecified atom stereocenters. The lowest BCUT2D eigenvalue weighted by molar-refractivity contribution is 0.0672. The quantitative estimate of drug-likeness (QED) is 0.748. The summed E-state index contributed by atoms with van der Waals surface area (Å²) in [4.78, 5) is 4.98. The lowest BCUT2D eigenvalue weighted by atomic mass is 9.84. The molecule has 88 valence electrons. The van der Waals surface area contributed by atoms with Gasteiger partial charge in [-0.2, -0.15) is 0 Å². The fraction of sp³-hybridized carbons (Fsp3) is 1.00. The topological polar surface area (TPSA) is 32.5 Å². The van der Waals surface area contributed by atoms with Gasteiger partial charge in [-0.3, -0.25) is 0 Å². The molecule has 3 nitrogen and oxygen atoms in total. The molecule has 1 saturated heterocycles. The van der Waals surface area contributed by atoms with Gasteiger partial charge in [-0.1, -0.05) is 0 Å². The van der Waals surface area contributed by atoms with Crippen LogP contribution in [0.4, 0.5) is 0 Å². The molecule has 0 bridgehead atoms. The van der Waals surface area contributed by atoms with E-state index in [1.807, 2.05) is 0 Å². The van der Waals surface area contributed by atoms with Crippen LogP contribution in [0.15, 0.2) is 0 Å². The summed E-state index contributed by atoms with van der Waals surface area (Å²) in [7, 11) is 4.36. The van der Waals surface area contributed by atoms with Crippen molar-refractivity contribution in [1.82, 2.24) is 9.80 Å². The summed E-state index contributed by atoms with van der Waals surface area (Å²) in [6.07, 6.45) is 5.23. The minimum Gasteiger partial charge on any atom is -0.328 e. The molecule has 2 N–H and O–H groups in total. The molecule has 2 aliphatic rings. The third-order valence-corrected chi connectivity index (χ3v) is 3.94. The van der Waals surface area contributed by atoms with Gasteiger partial charge in [-0.25, -0.2) is 0 Å². The Bertz CT molecular complexity index is 191. The van der Waals surface area contributed by atoms with Crippen LogP contribution in [0.5, 0.6) is 0 Å². The monoisotopic (exact) mass is 211 g/mol. The van der Waals surface area contributed by atoms with Crippen molar-refractivity contribution in [2.24, 2.45) is 11.7 Å². The van der Waals surface area contributed by atoms with Crippen LogP contribution in [0.2, 0.25) is 0 Å². The van der Waals surface area contributed by atoms with Crippen molar-refractivity contribution >= 4 is 0 Å². The predicted molar refractivity (Wildman–Crippen MR) is 63.8 cm³/mol. The van der Waals surface area contributed by atoms with E-state index in [4.69, 9.17) is 5.73 Å². The Morgan fingerprint density at radius 1 is 1.20 bits per heavy atom. The first-order chi connectivity index (χ1) is 7.15. The first kappa shape index (κ1) is 11.4. The van der Waals surface area contributed by atoms with Gasteiger partial charge in [0.2, 0.25) is 0 Å². The number of hydrogen-bond acceptors (Lipinski definition) is 3. The van der Waals surface area contributed by atoms with E-state index in [1.165, 1.54) is 45.3 Å². The third kappa shape index (κ3) is 2.92. The van der Waals surface area contributed by atoms with E-state index in [0.717, 1.165) is 12.0 Å². The number of likely N-dealkylation sites (tertiary alicyclic amines) is 1. The van der Waals surface area contributed by atoms with E-state index in [1.54, 1.807) is 0 Å². The van der Waals surface area contributed by atoms with Crippen molar-refractivity contribution in [2.75, 3.05) is 33.7 Å². The van der Waals surface area contributed by atoms with Crippen molar-refractivity contribution in [1.29, 1.82) is 0 Å². The number of nitrogens with two attached hydrogens (primary N) is 1. The van der Waals surface area contributed by atoms with E-state index < -0.39 is 0 Å². The Labute approximate surface area is 93.6 Å². The van der Waals surface area contributed by atoms with Crippen LogP contribution in [0.1, 0.15) is 25.7 Å². The first-order valence-corrected chi connectivity index (χ1v) is 6.29. The van der Waals surface area contributed by atoms with Crippen molar-refractivity contribution in [3.05, 3.63) is 0 Å². The number of rotatable bonds is 3. The normalized spacial score (nSPS) is 34.4. The zero-order chi connectivity index (χ0) is 10.8. The minimum absolute atomic E-state index is 0.495. The van der Waals surface area contributed by atoms with Crippen LogP contribution < -0.4 is 5.73 Å². The fourth-order valence-corrected chi connectivity index (χ4v) is 2.95. The molecular weight excluding hydrogens is 186 g/mol. The van der Waals surface area contributed by atoms with Gasteiger partial charge in [0.05, 0.1) is 0 Å². The largest absolute Gasteiger partial charge is 0.328 e. The molecule has 2 fully saturated rings. The van der Waals surface area contributed by atoms with Crippen molar-refractivity contribution in [3.8, 4) is 0 Å². The standard InChI is InChI=1S/C12H25N3/c1-14(2)9-10-3-5-15(6-4-10)12-7-11(13)8-12/h10-12H,3-9,13H2,1-2H3. The molecule has 3 heteroatoms. The molecule has 0 amide bonds. The molecule has 15 heavy (non-hydrogen) atoms. The van der Waals surface area contributed by atoms with Gasteiger partial charge in [0.1, 0.15) is 0 Å². The maximum atomic E-state index is 5.84. The highest BCUT2D eigenvalue weighted by Crippen LogP contribution is 2.28. The van der Waals surface area contributed by atoms with Gasteiger partial charge in [0.25, 0.3) is 0 Å². The molecule has 1 heterocycles. The van der Waals surface area contributed by atoms with Gasteiger partial charge in [0.15, 0.2) is 0 Å². The maximum absolute atomic E-state index is 5.84. The highest BCUT2D eigenvalue weighted by atomic mass is 15.2. The van der Waals surface area contributed by atoms with Gasteiger partial charge in [0, 0.05) is 18.6 Å². The molecule has 0 atom stereocenters. The van der Waals surface area contributed by atoms with Crippen LogP contribution in [-0.4, -0.2) is 55.6 Å². The molecule has 0 spiro atoms. The average molecular weight is 211 g/mol. The molecule has 1 aliphatic heterocycles. The fourth-order valence-electron chi connectivity index (χ4n) is 2.95. The molecule has 1 aliphatic carbocycles. The van der Waals surface area contributed by atoms with Gasteiger partial charge in [-0.05, 0) is 58.8 Å². The smallest absolute Gasteiger partial charge is 0.0125 e. The Morgan fingerprint density at radius 2 is 1.80 bits per heavy atom. The minimum atomic E-state index is 0.495. The summed E-state index contributed by atoms with van der Waals surface area (Å²) in [6, 6.07) is 1.31. The zero-order valence-corrected chi connectivity index (χ0v) is 10.2. The Morgan fingerprint density at radius 3 is 2.27 bits per heavy atom. The van der Waals surface area contributed by atoms with Gasteiger partial charge >= 0.3 is 0 Å².